The molecule has 0 bridgehead atoms. The van der Waals surface area contributed by atoms with Gasteiger partial charge in [-0.15, -0.1) is 23.6 Å². The third-order valence-corrected chi connectivity index (χ3v) is 9.47. The van der Waals surface area contributed by atoms with Gasteiger partial charge >= 0.3 is 0 Å². The van der Waals surface area contributed by atoms with Crippen molar-refractivity contribution in [1.82, 2.24) is 19.1 Å². The zero-order valence-electron chi connectivity index (χ0n) is 36.3. The number of nitrogens with zero attached hydrogens (tertiary/aromatic N) is 5. The van der Waals surface area contributed by atoms with Crippen LogP contribution in [-0.2, 0) is 33.8 Å². The van der Waals surface area contributed by atoms with E-state index in [9.17, 15) is 0 Å². The number of imidazole rings is 1. The maximum Gasteiger partial charge on any atom is 0.268 e. The molecule has 0 aliphatic carbocycles. The average molecular weight is 929 g/mol. The fourth-order valence-corrected chi connectivity index (χ4v) is 7.23. The maximum absolute atomic E-state index is 8.90. The molecule has 0 atom stereocenters. The fraction of sp³-hybridized carbons (Fsp3) is 0.180. The number of para-hydroxylation sites is 2. The van der Waals surface area contributed by atoms with Crippen LogP contribution in [0, 0.1) is 29.8 Å². The Labute approximate surface area is 354 Å². The predicted octanol–water partition coefficient (Wildman–Crippen LogP) is 11.4. The topological polar surface area (TPSA) is 48.8 Å². The van der Waals surface area contributed by atoms with Gasteiger partial charge in [-0.2, -0.15) is 6.07 Å². The molecule has 0 fully saturated rings. The summed E-state index contributed by atoms with van der Waals surface area (Å²) < 4.78 is 47.8. The van der Waals surface area contributed by atoms with Gasteiger partial charge in [0, 0.05) is 49.8 Å². The maximum atomic E-state index is 8.90. The van der Waals surface area contributed by atoms with Crippen LogP contribution >= 0.6 is 0 Å². The molecule has 0 N–H and O–H groups in total. The van der Waals surface area contributed by atoms with Crippen LogP contribution in [0.4, 0.5) is 0 Å². The van der Waals surface area contributed by atoms with E-state index in [-0.39, 0.29) is 27.0 Å². The number of benzene rings is 5. The predicted molar refractivity (Wildman–Crippen MR) is 225 cm³/mol. The first-order valence-corrected chi connectivity index (χ1v) is 18.8. The number of hydrogen-bond donors (Lipinski definition) is 0. The summed E-state index contributed by atoms with van der Waals surface area (Å²) >= 11 is 0. The summed E-state index contributed by atoms with van der Waals surface area (Å²) in [6.07, 6.45) is 5.34. The van der Waals surface area contributed by atoms with Crippen molar-refractivity contribution in [2.24, 2.45) is 11.3 Å². The third-order valence-electron chi connectivity index (χ3n) is 9.47. The first-order chi connectivity index (χ1) is 28.7. The Morgan fingerprint density at radius 1 is 0.754 bits per heavy atom. The van der Waals surface area contributed by atoms with Crippen LogP contribution in [0.1, 0.15) is 51.2 Å². The van der Waals surface area contributed by atoms with Gasteiger partial charge in [0.1, 0.15) is 5.82 Å². The molecule has 0 saturated carbocycles. The second-order valence-corrected chi connectivity index (χ2v) is 15.3. The second-order valence-electron chi connectivity index (χ2n) is 15.3. The van der Waals surface area contributed by atoms with Gasteiger partial charge in [-0.3, -0.25) is 4.57 Å². The SMILES string of the molecule is [2H]C([2H])(c1ccnc(-n2c3[c-]c(Oc4[c-]c(-n5[c-][n+](-c6cccc(C([2H])([2H])C(C)(C)C)c6)c6ccccc65)cnc4)ccc3c3cc(-c4ccccc4)ccc32)c1)C(C)C.[Pt]. The number of fused-ring (bicyclic) bond motifs is 4. The normalized spacial score (nSPS) is 13.3. The number of aromatic nitrogens is 5. The molecule has 9 rings (SSSR count). The van der Waals surface area contributed by atoms with Gasteiger partial charge in [0.15, 0.2) is 0 Å². The molecule has 57 heavy (non-hydrogen) atoms. The van der Waals surface area contributed by atoms with E-state index in [0.717, 1.165) is 49.7 Å². The van der Waals surface area contributed by atoms with Gasteiger partial charge in [-0.05, 0) is 88.4 Å². The zero-order valence-corrected chi connectivity index (χ0v) is 34.6. The zero-order chi connectivity index (χ0) is 42.0. The van der Waals surface area contributed by atoms with E-state index in [1.165, 1.54) is 0 Å². The molecule has 0 saturated heterocycles. The number of ether oxygens (including phenoxy) is 1. The minimum Gasteiger partial charge on any atom is -0.508 e. The van der Waals surface area contributed by atoms with Crippen molar-refractivity contribution < 1.29 is 35.9 Å². The monoisotopic (exact) mass is 928 g/mol. The molecule has 0 spiro atoms. The van der Waals surface area contributed by atoms with Crippen molar-refractivity contribution in [2.45, 2.75) is 47.4 Å². The molecular weight excluding hydrogens is 882 g/mol. The van der Waals surface area contributed by atoms with Crippen molar-refractivity contribution in [3.8, 4) is 39.8 Å². The first kappa shape index (κ1) is 33.3. The van der Waals surface area contributed by atoms with Gasteiger partial charge < -0.3 is 18.9 Å². The number of rotatable bonds is 9. The molecule has 286 valence electrons. The molecule has 4 aromatic heterocycles. The van der Waals surface area contributed by atoms with Crippen LogP contribution in [0.2, 0.25) is 0 Å². The van der Waals surface area contributed by atoms with Crippen LogP contribution in [0.15, 0.2) is 140 Å². The Hall–Kier alpha value is -5.84. The molecular formula is C50H43N5OPt-2. The first-order valence-electron chi connectivity index (χ1n) is 20.8. The van der Waals surface area contributed by atoms with Gasteiger partial charge in [0.25, 0.3) is 6.33 Å². The van der Waals surface area contributed by atoms with E-state index >= 15 is 0 Å². The molecule has 0 aliphatic heterocycles. The summed E-state index contributed by atoms with van der Waals surface area (Å²) in [7, 11) is 0. The Morgan fingerprint density at radius 3 is 2.40 bits per heavy atom. The molecule has 0 unspecified atom stereocenters. The minimum atomic E-state index is -1.56. The van der Waals surface area contributed by atoms with Gasteiger partial charge in [-0.25, -0.2) is 4.98 Å². The molecule has 4 heterocycles. The van der Waals surface area contributed by atoms with E-state index < -0.39 is 18.2 Å². The van der Waals surface area contributed by atoms with Gasteiger partial charge in [0.05, 0.1) is 16.7 Å². The van der Waals surface area contributed by atoms with E-state index in [1.54, 1.807) is 24.7 Å². The molecule has 9 aromatic rings. The summed E-state index contributed by atoms with van der Waals surface area (Å²) in [6.45, 7) is 9.49. The summed E-state index contributed by atoms with van der Waals surface area (Å²) in [5.74, 6) is 1.16. The van der Waals surface area contributed by atoms with Gasteiger partial charge in [0.2, 0.25) is 0 Å². The van der Waals surface area contributed by atoms with E-state index in [2.05, 4.69) is 53.8 Å². The standard InChI is InChI=1S/C50H43N5O.Pt/c1-34(2)24-35-22-23-52-49(26-35)55-45-21-18-38(37-13-7-6-8-14-37)27-44(45)43-20-19-41(29-48(43)55)56-42-28-40(31-51-32-42)54-33-53(46-16-9-10-17-47(46)54)39-15-11-12-36(25-39)30-50(3,4)5;/h6-23,25-27,31-32,34H,24,30H2,1-5H3;/q-2;/i24D2,30D2;. The quantitative estimate of drug-likeness (QED) is 0.107. The van der Waals surface area contributed by atoms with Crippen molar-refractivity contribution in [2.75, 3.05) is 0 Å². The molecule has 0 amide bonds. The largest absolute Gasteiger partial charge is 0.508 e. The molecule has 0 aliphatic rings. The van der Waals surface area contributed by atoms with E-state index in [0.29, 0.717) is 34.1 Å². The molecule has 7 heteroatoms. The summed E-state index contributed by atoms with van der Waals surface area (Å²) in [5.41, 5.74) is 7.49. The molecule has 0 radical (unpaired) electrons. The molecule has 5 aromatic carbocycles. The van der Waals surface area contributed by atoms with Crippen LogP contribution in [0.5, 0.6) is 11.5 Å². The van der Waals surface area contributed by atoms with Crippen molar-refractivity contribution >= 4 is 32.8 Å². The Balaban J connectivity index is 0.00000514. The van der Waals surface area contributed by atoms with Crippen LogP contribution in [0.25, 0.3) is 61.2 Å². The fourth-order valence-electron chi connectivity index (χ4n) is 7.23. The van der Waals surface area contributed by atoms with Crippen molar-refractivity contribution in [3.05, 3.63) is 170 Å². The summed E-state index contributed by atoms with van der Waals surface area (Å²) in [5, 5.41) is 1.95. The van der Waals surface area contributed by atoms with E-state index in [4.69, 9.17) is 15.2 Å². The second kappa shape index (κ2) is 15.6. The Bertz CT molecular complexity index is 3060. The minimum absolute atomic E-state index is 0. The number of hydrogen-bond acceptors (Lipinski definition) is 3. The smallest absolute Gasteiger partial charge is 0.268 e. The van der Waals surface area contributed by atoms with Crippen LogP contribution in [0.3, 0.4) is 0 Å². The average Bonchev–Trinajstić information content (AvgIpc) is 3.79. The third kappa shape index (κ3) is 7.80. The van der Waals surface area contributed by atoms with Crippen LogP contribution in [-0.4, -0.2) is 19.1 Å². The summed E-state index contributed by atoms with van der Waals surface area (Å²) in [4.78, 5) is 9.31. The molecule has 6 nitrogen and oxygen atoms in total. The Kier molecular flexibility index (Phi) is 9.11. The Morgan fingerprint density at radius 2 is 1.58 bits per heavy atom. The summed E-state index contributed by atoms with van der Waals surface area (Å²) in [6, 6.07) is 46.5. The van der Waals surface area contributed by atoms with Crippen molar-refractivity contribution in [1.29, 1.82) is 0 Å². The van der Waals surface area contributed by atoms with Crippen LogP contribution < -0.4 is 9.30 Å². The number of pyridine rings is 2. The van der Waals surface area contributed by atoms with Crippen molar-refractivity contribution in [3.63, 3.8) is 0 Å². The van der Waals surface area contributed by atoms with Gasteiger partial charge in [-0.1, -0.05) is 131 Å². The van der Waals surface area contributed by atoms with E-state index in [1.807, 2.05) is 133 Å².